The lowest BCUT2D eigenvalue weighted by atomic mass is 10.0. The van der Waals surface area contributed by atoms with Crippen LogP contribution in [0.5, 0.6) is 0 Å². The van der Waals surface area contributed by atoms with Crippen molar-refractivity contribution in [1.82, 2.24) is 19.6 Å². The average Bonchev–Trinajstić information content (AvgIpc) is 3.54. The van der Waals surface area contributed by atoms with Crippen LogP contribution in [0.4, 0.5) is 0 Å². The molecule has 0 saturated carbocycles. The van der Waals surface area contributed by atoms with E-state index in [1.807, 2.05) is 36.5 Å². The summed E-state index contributed by atoms with van der Waals surface area (Å²) in [7, 11) is 1.92. The third-order valence-corrected chi connectivity index (χ3v) is 6.47. The van der Waals surface area contributed by atoms with Crippen molar-refractivity contribution < 1.29 is 9.53 Å². The molecule has 1 saturated heterocycles. The molecule has 6 heteroatoms. The molecule has 1 fully saturated rings. The third kappa shape index (κ3) is 4.47. The molecule has 1 amide bonds. The van der Waals surface area contributed by atoms with Crippen molar-refractivity contribution in [2.45, 2.75) is 32.5 Å². The van der Waals surface area contributed by atoms with E-state index < -0.39 is 0 Å². The molecule has 5 rings (SSSR count). The number of aryl methyl sites for hydroxylation is 1. The molecule has 0 unspecified atom stereocenters. The minimum absolute atomic E-state index is 0.107. The Kier molecular flexibility index (Phi) is 6.06. The van der Waals surface area contributed by atoms with Gasteiger partial charge in [-0.15, -0.1) is 0 Å². The number of fused-ring (bicyclic) bond motifs is 1. The monoisotopic (exact) mass is 430 g/mol. The van der Waals surface area contributed by atoms with E-state index in [0.717, 1.165) is 39.9 Å². The van der Waals surface area contributed by atoms with Crippen LogP contribution in [0, 0.1) is 0 Å². The number of carbonyl (C=O) groups is 1. The largest absolute Gasteiger partial charge is 0.375 e. The number of benzene rings is 2. The van der Waals surface area contributed by atoms with E-state index in [4.69, 9.17) is 4.74 Å². The van der Waals surface area contributed by atoms with Gasteiger partial charge in [0.1, 0.15) is 0 Å². The van der Waals surface area contributed by atoms with Gasteiger partial charge >= 0.3 is 0 Å². The fraction of sp³-hybridized carbons (Fsp3) is 0.385. The summed E-state index contributed by atoms with van der Waals surface area (Å²) in [5.74, 6) is 0.107. The minimum Gasteiger partial charge on any atom is -0.375 e. The van der Waals surface area contributed by atoms with Gasteiger partial charge in [0.05, 0.1) is 25.0 Å². The third-order valence-electron chi connectivity index (χ3n) is 6.47. The van der Waals surface area contributed by atoms with Crippen LogP contribution in [-0.2, 0) is 31.5 Å². The van der Waals surface area contributed by atoms with E-state index in [0.29, 0.717) is 26.3 Å². The molecule has 0 atom stereocenters. The minimum atomic E-state index is 0.107. The van der Waals surface area contributed by atoms with Crippen LogP contribution in [0.15, 0.2) is 54.9 Å². The van der Waals surface area contributed by atoms with Gasteiger partial charge in [0.25, 0.3) is 5.91 Å². The second kappa shape index (κ2) is 9.27. The fourth-order valence-corrected chi connectivity index (χ4v) is 4.72. The lowest BCUT2D eigenvalue weighted by Gasteiger charge is -2.16. The first kappa shape index (κ1) is 20.9. The number of rotatable bonds is 8. The SMILES string of the molecule is Cn1cc(-c2ccc(CN3Cc4cccc(COCCN5CCCC5)c4C3=O)cc2)cn1. The van der Waals surface area contributed by atoms with E-state index in [1.165, 1.54) is 25.9 Å². The van der Waals surface area contributed by atoms with Crippen molar-refractivity contribution in [3.05, 3.63) is 77.1 Å². The van der Waals surface area contributed by atoms with Crippen molar-refractivity contribution in [1.29, 1.82) is 0 Å². The number of hydrogen-bond acceptors (Lipinski definition) is 4. The molecule has 2 aromatic carbocycles. The molecule has 2 aliphatic heterocycles. The highest BCUT2D eigenvalue weighted by atomic mass is 16.5. The van der Waals surface area contributed by atoms with E-state index in [-0.39, 0.29) is 5.91 Å². The zero-order valence-corrected chi connectivity index (χ0v) is 18.7. The van der Waals surface area contributed by atoms with Crippen molar-refractivity contribution >= 4 is 5.91 Å². The Morgan fingerprint density at radius 1 is 1.03 bits per heavy atom. The molecule has 3 aromatic rings. The quantitative estimate of drug-likeness (QED) is 0.510. The number of amides is 1. The standard InChI is InChI=1S/C26H30N4O2/c1-28-17-24(15-27-28)21-9-7-20(8-10-21)16-30-18-22-5-4-6-23(25(22)26(30)31)19-32-14-13-29-11-2-3-12-29/h4-10,15,17H,2-3,11-14,16,18-19H2,1H3. The van der Waals surface area contributed by atoms with Crippen molar-refractivity contribution in [2.75, 3.05) is 26.2 Å². The Balaban J connectivity index is 1.21. The molecule has 0 bridgehead atoms. The second-order valence-electron chi connectivity index (χ2n) is 8.81. The maximum absolute atomic E-state index is 13.2. The summed E-state index contributed by atoms with van der Waals surface area (Å²) >= 11 is 0. The lowest BCUT2D eigenvalue weighted by molar-refractivity contribution is 0.0755. The first-order valence-corrected chi connectivity index (χ1v) is 11.5. The van der Waals surface area contributed by atoms with Crippen molar-refractivity contribution in [3.8, 4) is 11.1 Å². The van der Waals surface area contributed by atoms with Gasteiger partial charge in [-0.2, -0.15) is 5.10 Å². The maximum Gasteiger partial charge on any atom is 0.255 e. The number of nitrogens with zero attached hydrogens (tertiary/aromatic N) is 4. The van der Waals surface area contributed by atoms with Gasteiger partial charge in [-0.05, 0) is 48.2 Å². The summed E-state index contributed by atoms with van der Waals surface area (Å²) in [6.45, 7) is 5.81. The maximum atomic E-state index is 13.2. The second-order valence-corrected chi connectivity index (χ2v) is 8.81. The molecule has 32 heavy (non-hydrogen) atoms. The summed E-state index contributed by atoms with van der Waals surface area (Å²) in [4.78, 5) is 17.6. The van der Waals surface area contributed by atoms with Crippen LogP contribution in [0.2, 0.25) is 0 Å². The fourth-order valence-electron chi connectivity index (χ4n) is 4.72. The van der Waals surface area contributed by atoms with E-state index >= 15 is 0 Å². The smallest absolute Gasteiger partial charge is 0.255 e. The normalized spacial score (nSPS) is 16.2. The van der Waals surface area contributed by atoms with Gasteiger partial charge in [0, 0.05) is 38.4 Å². The number of ether oxygens (including phenoxy) is 1. The molecule has 6 nitrogen and oxygen atoms in total. The molecule has 0 aliphatic carbocycles. The number of hydrogen-bond donors (Lipinski definition) is 0. The first-order chi connectivity index (χ1) is 15.7. The molecule has 3 heterocycles. The summed E-state index contributed by atoms with van der Waals surface area (Å²) in [6.07, 6.45) is 6.46. The van der Waals surface area contributed by atoms with Crippen molar-refractivity contribution in [3.63, 3.8) is 0 Å². The Hall–Kier alpha value is -2.96. The predicted molar refractivity (Wildman–Crippen MR) is 124 cm³/mol. The highest BCUT2D eigenvalue weighted by molar-refractivity contribution is 5.99. The van der Waals surface area contributed by atoms with Gasteiger partial charge < -0.3 is 14.5 Å². The van der Waals surface area contributed by atoms with Gasteiger partial charge in [-0.3, -0.25) is 9.48 Å². The van der Waals surface area contributed by atoms with E-state index in [9.17, 15) is 4.79 Å². The summed E-state index contributed by atoms with van der Waals surface area (Å²) in [5.41, 5.74) is 6.29. The molecular weight excluding hydrogens is 400 g/mol. The Morgan fingerprint density at radius 2 is 1.84 bits per heavy atom. The summed E-state index contributed by atoms with van der Waals surface area (Å²) in [6, 6.07) is 14.5. The molecule has 0 radical (unpaired) electrons. The molecule has 0 N–H and O–H groups in total. The molecule has 0 spiro atoms. The highest BCUT2D eigenvalue weighted by Gasteiger charge is 2.29. The molecule has 166 valence electrons. The Labute approximate surface area is 189 Å². The predicted octanol–water partition coefficient (Wildman–Crippen LogP) is 3.86. The van der Waals surface area contributed by atoms with Gasteiger partial charge in [-0.1, -0.05) is 42.5 Å². The van der Waals surface area contributed by atoms with Crippen LogP contribution in [-0.4, -0.2) is 51.7 Å². The highest BCUT2D eigenvalue weighted by Crippen LogP contribution is 2.28. The van der Waals surface area contributed by atoms with Crippen LogP contribution >= 0.6 is 0 Å². The number of likely N-dealkylation sites (tertiary alicyclic amines) is 1. The lowest BCUT2D eigenvalue weighted by Crippen LogP contribution is -2.24. The van der Waals surface area contributed by atoms with Gasteiger partial charge in [-0.25, -0.2) is 0 Å². The van der Waals surface area contributed by atoms with Crippen LogP contribution < -0.4 is 0 Å². The van der Waals surface area contributed by atoms with Crippen LogP contribution in [0.25, 0.3) is 11.1 Å². The Bertz CT molecular complexity index is 1080. The van der Waals surface area contributed by atoms with Gasteiger partial charge in [0.2, 0.25) is 0 Å². The number of aromatic nitrogens is 2. The molecular formula is C26H30N4O2. The van der Waals surface area contributed by atoms with Crippen LogP contribution in [0.1, 0.15) is 39.9 Å². The zero-order valence-electron chi connectivity index (χ0n) is 18.7. The first-order valence-electron chi connectivity index (χ1n) is 11.5. The summed E-state index contributed by atoms with van der Waals surface area (Å²) in [5, 5.41) is 4.24. The Morgan fingerprint density at radius 3 is 2.59 bits per heavy atom. The number of carbonyl (C=O) groups excluding carboxylic acids is 1. The topological polar surface area (TPSA) is 50.6 Å². The molecule has 1 aromatic heterocycles. The van der Waals surface area contributed by atoms with E-state index in [1.54, 1.807) is 4.68 Å². The van der Waals surface area contributed by atoms with Crippen molar-refractivity contribution in [2.24, 2.45) is 7.05 Å². The zero-order chi connectivity index (χ0) is 21.9. The van der Waals surface area contributed by atoms with Gasteiger partial charge in [0.15, 0.2) is 0 Å². The molecule has 2 aliphatic rings. The van der Waals surface area contributed by atoms with Crippen LogP contribution in [0.3, 0.4) is 0 Å². The summed E-state index contributed by atoms with van der Waals surface area (Å²) < 4.78 is 7.75. The van der Waals surface area contributed by atoms with E-state index in [2.05, 4.69) is 40.3 Å². The average molecular weight is 431 g/mol.